The zero-order chi connectivity index (χ0) is 17.9. The van der Waals surface area contributed by atoms with Crippen molar-refractivity contribution in [3.63, 3.8) is 0 Å². The topological polar surface area (TPSA) is 29.5 Å². The van der Waals surface area contributed by atoms with E-state index in [9.17, 15) is 18.3 Å². The summed E-state index contributed by atoms with van der Waals surface area (Å²) in [6.07, 6.45) is -3.71. The van der Waals surface area contributed by atoms with Crippen molar-refractivity contribution < 1.29 is 23.0 Å². The van der Waals surface area contributed by atoms with E-state index in [2.05, 4.69) is 12.1 Å². The Morgan fingerprint density at radius 3 is 2.32 bits per heavy atom. The number of aliphatic hydroxyl groups is 1. The van der Waals surface area contributed by atoms with Gasteiger partial charge in [0.15, 0.2) is 0 Å². The summed E-state index contributed by atoms with van der Waals surface area (Å²) in [5.74, 6) is 0.0221. The number of benzene rings is 2. The van der Waals surface area contributed by atoms with E-state index in [4.69, 9.17) is 4.74 Å². The molecule has 1 aliphatic rings. The van der Waals surface area contributed by atoms with Gasteiger partial charge in [-0.25, -0.2) is 0 Å². The van der Waals surface area contributed by atoms with E-state index in [1.165, 1.54) is 16.6 Å². The molecule has 0 unspecified atom stereocenters. The molecule has 1 fully saturated rings. The Hall–Kier alpha value is -1.33. The standard InChI is InChI=1S/C19H19F3O2Se/c20-19(21,22)16-8-6-15(7-9-16)18(10-14(11-23)12-24-18)13-25-17-4-2-1-3-5-17/h1-9,14,23H,10-13H2/t14-,18+/m1/s1. The van der Waals surface area contributed by atoms with E-state index in [1.54, 1.807) is 0 Å². The summed E-state index contributed by atoms with van der Waals surface area (Å²) in [5.41, 5.74) is -0.515. The number of aliphatic hydroxyl groups excluding tert-OH is 1. The van der Waals surface area contributed by atoms with E-state index in [-0.39, 0.29) is 27.5 Å². The van der Waals surface area contributed by atoms with E-state index in [0.29, 0.717) is 13.0 Å². The molecule has 0 aliphatic carbocycles. The Kier molecular flexibility index (Phi) is 5.54. The summed E-state index contributed by atoms with van der Waals surface area (Å²) in [6.45, 7) is 0.461. The van der Waals surface area contributed by atoms with Crippen molar-refractivity contribution in [1.29, 1.82) is 0 Å². The van der Waals surface area contributed by atoms with Gasteiger partial charge in [-0.05, 0) is 0 Å². The Balaban J connectivity index is 1.84. The molecule has 0 radical (unpaired) electrons. The van der Waals surface area contributed by atoms with Crippen LogP contribution in [0.4, 0.5) is 13.2 Å². The van der Waals surface area contributed by atoms with Crippen LogP contribution in [0.15, 0.2) is 54.6 Å². The second kappa shape index (κ2) is 7.50. The molecule has 1 aliphatic heterocycles. The monoisotopic (exact) mass is 416 g/mol. The predicted molar refractivity (Wildman–Crippen MR) is 90.9 cm³/mol. The van der Waals surface area contributed by atoms with Crippen molar-refractivity contribution in [2.45, 2.75) is 23.5 Å². The average Bonchev–Trinajstić information content (AvgIpc) is 3.05. The molecule has 0 spiro atoms. The van der Waals surface area contributed by atoms with Crippen LogP contribution >= 0.6 is 0 Å². The number of halogens is 3. The molecular weight excluding hydrogens is 396 g/mol. The first kappa shape index (κ1) is 18.5. The molecule has 2 atom stereocenters. The maximum atomic E-state index is 12.8. The van der Waals surface area contributed by atoms with E-state index in [0.717, 1.165) is 23.0 Å². The normalized spacial score (nSPS) is 23.8. The molecule has 6 heteroatoms. The van der Waals surface area contributed by atoms with Crippen LogP contribution < -0.4 is 4.46 Å². The number of hydrogen-bond donors (Lipinski definition) is 1. The summed E-state index contributed by atoms with van der Waals surface area (Å²) in [5, 5.41) is 10.2. The van der Waals surface area contributed by atoms with Gasteiger partial charge in [0, 0.05) is 0 Å². The van der Waals surface area contributed by atoms with Gasteiger partial charge >= 0.3 is 151 Å². The van der Waals surface area contributed by atoms with Crippen molar-refractivity contribution in [2.75, 3.05) is 13.2 Å². The molecule has 0 bridgehead atoms. The zero-order valence-electron chi connectivity index (χ0n) is 13.5. The van der Waals surface area contributed by atoms with Crippen LogP contribution in [0.3, 0.4) is 0 Å². The summed E-state index contributed by atoms with van der Waals surface area (Å²) >= 11 is 0.133. The van der Waals surface area contributed by atoms with Crippen molar-refractivity contribution in [3.05, 3.63) is 65.7 Å². The summed E-state index contributed by atoms with van der Waals surface area (Å²) in [4.78, 5) is 0. The van der Waals surface area contributed by atoms with Crippen molar-refractivity contribution in [3.8, 4) is 0 Å². The fourth-order valence-corrected chi connectivity index (χ4v) is 5.39. The van der Waals surface area contributed by atoms with Crippen LogP contribution in [-0.4, -0.2) is 33.3 Å². The van der Waals surface area contributed by atoms with Crippen LogP contribution in [-0.2, 0) is 16.5 Å². The van der Waals surface area contributed by atoms with Crippen LogP contribution in [0.2, 0.25) is 5.32 Å². The molecule has 2 aromatic carbocycles. The first-order valence-electron chi connectivity index (χ1n) is 8.03. The molecule has 2 aromatic rings. The van der Waals surface area contributed by atoms with E-state index >= 15 is 0 Å². The van der Waals surface area contributed by atoms with Gasteiger partial charge in [0.1, 0.15) is 0 Å². The minimum absolute atomic E-state index is 0.0221. The Bertz CT molecular complexity index is 688. The van der Waals surface area contributed by atoms with Gasteiger partial charge in [-0.3, -0.25) is 0 Å². The summed E-state index contributed by atoms with van der Waals surface area (Å²) < 4.78 is 45.7. The minimum atomic E-state index is -4.34. The molecule has 0 aromatic heterocycles. The third-order valence-corrected chi connectivity index (χ3v) is 6.98. The predicted octanol–water partition coefficient (Wildman–Crippen LogP) is 3.38. The molecule has 0 saturated carbocycles. The van der Waals surface area contributed by atoms with Gasteiger partial charge in [0.2, 0.25) is 0 Å². The molecule has 134 valence electrons. The Labute approximate surface area is 151 Å². The third kappa shape index (κ3) is 4.26. The van der Waals surface area contributed by atoms with E-state index < -0.39 is 17.3 Å². The molecule has 1 saturated heterocycles. The molecule has 1 N–H and O–H groups in total. The number of hydrogen-bond acceptors (Lipinski definition) is 2. The van der Waals surface area contributed by atoms with Gasteiger partial charge in [0.25, 0.3) is 0 Å². The molecule has 0 amide bonds. The first-order chi connectivity index (χ1) is 11.9. The summed E-state index contributed by atoms with van der Waals surface area (Å²) in [7, 11) is 0. The second-order valence-electron chi connectivity index (χ2n) is 6.23. The van der Waals surface area contributed by atoms with Crippen molar-refractivity contribution in [1.82, 2.24) is 0 Å². The number of ether oxygens (including phenoxy) is 1. The third-order valence-electron chi connectivity index (χ3n) is 4.43. The number of rotatable bonds is 5. The van der Waals surface area contributed by atoms with Gasteiger partial charge in [-0.2, -0.15) is 0 Å². The van der Waals surface area contributed by atoms with Crippen LogP contribution in [0.5, 0.6) is 0 Å². The van der Waals surface area contributed by atoms with Crippen molar-refractivity contribution in [2.24, 2.45) is 5.92 Å². The molecule has 1 heterocycles. The fourth-order valence-electron chi connectivity index (χ4n) is 3.04. The van der Waals surface area contributed by atoms with Crippen LogP contribution in [0.25, 0.3) is 0 Å². The molecule has 2 nitrogen and oxygen atoms in total. The molecular formula is C19H19F3O2Se. The van der Waals surface area contributed by atoms with Crippen LogP contribution in [0.1, 0.15) is 17.5 Å². The van der Waals surface area contributed by atoms with Gasteiger partial charge in [-0.15, -0.1) is 0 Å². The number of alkyl halides is 3. The Morgan fingerprint density at radius 1 is 1.08 bits per heavy atom. The second-order valence-corrected chi connectivity index (χ2v) is 8.44. The van der Waals surface area contributed by atoms with Crippen molar-refractivity contribution >= 4 is 19.4 Å². The van der Waals surface area contributed by atoms with Crippen LogP contribution in [0, 0.1) is 5.92 Å². The maximum absolute atomic E-state index is 12.8. The average molecular weight is 415 g/mol. The van der Waals surface area contributed by atoms with Gasteiger partial charge in [-0.1, -0.05) is 0 Å². The summed E-state index contributed by atoms with van der Waals surface area (Å²) in [6, 6.07) is 15.3. The quantitative estimate of drug-likeness (QED) is 0.759. The van der Waals surface area contributed by atoms with Gasteiger partial charge < -0.3 is 0 Å². The van der Waals surface area contributed by atoms with E-state index in [1.807, 2.05) is 18.2 Å². The van der Waals surface area contributed by atoms with Gasteiger partial charge in [0.05, 0.1) is 0 Å². The zero-order valence-corrected chi connectivity index (χ0v) is 15.2. The first-order valence-corrected chi connectivity index (χ1v) is 10.1. The molecule has 25 heavy (non-hydrogen) atoms. The molecule has 3 rings (SSSR count). The SMILES string of the molecule is OC[C@@H]1CO[C@@](C[Se]c2ccccc2)(c2ccc(C(F)(F)F)cc2)C1. The Morgan fingerprint density at radius 2 is 1.76 bits per heavy atom. The fraction of sp³-hybridized carbons (Fsp3) is 0.368.